The van der Waals surface area contributed by atoms with E-state index in [0.717, 1.165) is 0 Å². The lowest BCUT2D eigenvalue weighted by Crippen LogP contribution is -2.31. The second-order valence-corrected chi connectivity index (χ2v) is 2.21. The third-order valence-electron chi connectivity index (χ3n) is 1.35. The summed E-state index contributed by atoms with van der Waals surface area (Å²) < 4.78 is 9.73. The highest BCUT2D eigenvalue weighted by molar-refractivity contribution is 5.67. The van der Waals surface area contributed by atoms with Crippen molar-refractivity contribution in [2.75, 3.05) is 33.7 Å². The summed E-state index contributed by atoms with van der Waals surface area (Å²) in [6, 6.07) is 0. The van der Waals surface area contributed by atoms with Crippen LogP contribution in [0, 0.1) is 0 Å². The Hall–Kier alpha value is -0.810. The first kappa shape index (κ1) is 8.29. The first-order chi connectivity index (χ1) is 5.34. The van der Waals surface area contributed by atoms with Gasteiger partial charge in [-0.05, 0) is 7.05 Å². The number of hydrogen-bond donors (Lipinski definition) is 1. The van der Waals surface area contributed by atoms with E-state index < -0.39 is 0 Å². The largest absolute Gasteiger partial charge is 0.433 e. The third-order valence-corrected chi connectivity index (χ3v) is 1.35. The zero-order chi connectivity index (χ0) is 8.10. The maximum absolute atomic E-state index is 11.0. The fourth-order valence-electron chi connectivity index (χ4n) is 0.783. The molecule has 0 aromatic carbocycles. The van der Waals surface area contributed by atoms with E-state index in [2.05, 4.69) is 5.32 Å². The van der Waals surface area contributed by atoms with Crippen molar-refractivity contribution < 1.29 is 14.3 Å². The minimum absolute atomic E-state index is 0.245. The zero-order valence-electron chi connectivity index (χ0n) is 6.50. The Morgan fingerprint density at radius 1 is 1.82 bits per heavy atom. The number of hydrogen-bond acceptors (Lipinski definition) is 4. The highest BCUT2D eigenvalue weighted by Crippen LogP contribution is 2.00. The molecule has 0 radical (unpaired) electrons. The topological polar surface area (TPSA) is 50.8 Å². The van der Waals surface area contributed by atoms with Gasteiger partial charge in [0.15, 0.2) is 0 Å². The molecule has 1 N–H and O–H groups in total. The number of nitrogens with one attached hydrogen (secondary N) is 1. The van der Waals surface area contributed by atoms with Crippen LogP contribution in [0.2, 0.25) is 0 Å². The average molecular weight is 160 g/mol. The summed E-state index contributed by atoms with van der Waals surface area (Å²) in [7, 11) is 1.72. The summed E-state index contributed by atoms with van der Waals surface area (Å²) in [5.74, 6) is 0. The average Bonchev–Trinajstić information content (AvgIpc) is 2.52. The smallest absolute Gasteiger partial charge is 0.413 e. The van der Waals surface area contributed by atoms with Crippen LogP contribution < -0.4 is 5.32 Å². The molecule has 1 aliphatic heterocycles. The number of carbonyl (C=O) groups is 1. The van der Waals surface area contributed by atoms with Gasteiger partial charge in [0.2, 0.25) is 0 Å². The molecular formula is C6H12N2O3. The molecule has 1 heterocycles. The fourth-order valence-corrected chi connectivity index (χ4v) is 0.783. The Morgan fingerprint density at radius 3 is 3.18 bits per heavy atom. The Morgan fingerprint density at radius 2 is 2.64 bits per heavy atom. The third kappa shape index (κ3) is 2.36. The van der Waals surface area contributed by atoms with Crippen LogP contribution in [0.4, 0.5) is 4.79 Å². The van der Waals surface area contributed by atoms with Crippen LogP contribution in [-0.4, -0.2) is 44.7 Å². The van der Waals surface area contributed by atoms with Gasteiger partial charge in [-0.3, -0.25) is 10.2 Å². The molecule has 0 spiro atoms. The van der Waals surface area contributed by atoms with E-state index >= 15 is 0 Å². The SMILES string of the molecule is CNCOC(=O)N1CCOC1. The van der Waals surface area contributed by atoms with Crippen molar-refractivity contribution in [2.45, 2.75) is 0 Å². The first-order valence-electron chi connectivity index (χ1n) is 3.48. The number of amides is 1. The van der Waals surface area contributed by atoms with Gasteiger partial charge in [0.25, 0.3) is 0 Å². The summed E-state index contributed by atoms with van der Waals surface area (Å²) >= 11 is 0. The Kier molecular flexibility index (Phi) is 3.13. The molecule has 11 heavy (non-hydrogen) atoms. The van der Waals surface area contributed by atoms with Crippen molar-refractivity contribution in [3.63, 3.8) is 0 Å². The fraction of sp³-hybridized carbons (Fsp3) is 0.833. The van der Waals surface area contributed by atoms with Gasteiger partial charge in [-0.1, -0.05) is 0 Å². The molecule has 0 saturated carbocycles. The van der Waals surface area contributed by atoms with E-state index in [-0.39, 0.29) is 12.8 Å². The second kappa shape index (κ2) is 4.15. The molecule has 1 saturated heterocycles. The molecular weight excluding hydrogens is 148 g/mol. The van der Waals surface area contributed by atoms with E-state index in [4.69, 9.17) is 9.47 Å². The van der Waals surface area contributed by atoms with Crippen LogP contribution in [0.1, 0.15) is 0 Å². The van der Waals surface area contributed by atoms with Crippen molar-refractivity contribution in [2.24, 2.45) is 0 Å². The maximum Gasteiger partial charge on any atom is 0.413 e. The molecule has 1 aliphatic rings. The van der Waals surface area contributed by atoms with Crippen molar-refractivity contribution in [3.05, 3.63) is 0 Å². The number of rotatable bonds is 2. The summed E-state index contributed by atoms with van der Waals surface area (Å²) in [6.07, 6.45) is -0.322. The maximum atomic E-state index is 11.0. The van der Waals surface area contributed by atoms with Gasteiger partial charge in [0, 0.05) is 6.54 Å². The van der Waals surface area contributed by atoms with Gasteiger partial charge < -0.3 is 9.47 Å². The van der Waals surface area contributed by atoms with E-state index in [0.29, 0.717) is 19.9 Å². The molecule has 1 amide bonds. The van der Waals surface area contributed by atoms with Crippen molar-refractivity contribution >= 4 is 6.09 Å². The molecule has 0 atom stereocenters. The first-order valence-corrected chi connectivity index (χ1v) is 3.48. The Bertz CT molecular complexity index is 134. The van der Waals surface area contributed by atoms with Gasteiger partial charge in [0.05, 0.1) is 6.61 Å². The molecule has 64 valence electrons. The molecule has 0 aromatic heterocycles. The van der Waals surface area contributed by atoms with E-state index in [1.807, 2.05) is 0 Å². The lowest BCUT2D eigenvalue weighted by molar-refractivity contribution is 0.0827. The van der Waals surface area contributed by atoms with Crippen molar-refractivity contribution in [1.82, 2.24) is 10.2 Å². The van der Waals surface area contributed by atoms with Crippen LogP contribution >= 0.6 is 0 Å². The normalized spacial score (nSPS) is 17.0. The number of nitrogens with zero attached hydrogens (tertiary/aromatic N) is 1. The highest BCUT2D eigenvalue weighted by atomic mass is 16.6. The lowest BCUT2D eigenvalue weighted by Gasteiger charge is -2.12. The van der Waals surface area contributed by atoms with Gasteiger partial charge in [-0.25, -0.2) is 4.79 Å². The van der Waals surface area contributed by atoms with Crippen LogP contribution in [0.25, 0.3) is 0 Å². The predicted octanol–water partition coefficient (Wildman–Crippen LogP) is -0.410. The number of carbonyl (C=O) groups excluding carboxylic acids is 1. The van der Waals surface area contributed by atoms with Gasteiger partial charge in [0.1, 0.15) is 13.5 Å². The molecule has 0 unspecified atom stereocenters. The Balaban J connectivity index is 2.17. The van der Waals surface area contributed by atoms with Gasteiger partial charge >= 0.3 is 6.09 Å². The summed E-state index contributed by atoms with van der Waals surface area (Å²) in [4.78, 5) is 12.5. The van der Waals surface area contributed by atoms with E-state index in [9.17, 15) is 4.79 Å². The van der Waals surface area contributed by atoms with Crippen LogP contribution in [0.3, 0.4) is 0 Å². The number of ether oxygens (including phenoxy) is 2. The van der Waals surface area contributed by atoms with E-state index in [1.54, 1.807) is 7.05 Å². The minimum atomic E-state index is -0.322. The van der Waals surface area contributed by atoms with Crippen LogP contribution in [0.5, 0.6) is 0 Å². The van der Waals surface area contributed by atoms with Gasteiger partial charge in [-0.2, -0.15) is 0 Å². The molecule has 0 aromatic rings. The monoisotopic (exact) mass is 160 g/mol. The molecule has 5 heteroatoms. The lowest BCUT2D eigenvalue weighted by atomic mass is 10.7. The quantitative estimate of drug-likeness (QED) is 0.558. The molecule has 1 rings (SSSR count). The standard InChI is InChI=1S/C6H12N2O3/c1-7-4-11-6(9)8-2-3-10-5-8/h7H,2-5H2,1H3. The molecule has 0 aliphatic carbocycles. The highest BCUT2D eigenvalue weighted by Gasteiger charge is 2.18. The molecule has 0 bridgehead atoms. The van der Waals surface area contributed by atoms with E-state index in [1.165, 1.54) is 4.90 Å². The van der Waals surface area contributed by atoms with Crippen molar-refractivity contribution in [1.29, 1.82) is 0 Å². The summed E-state index contributed by atoms with van der Waals surface area (Å²) in [5, 5.41) is 2.71. The predicted molar refractivity (Wildman–Crippen MR) is 37.9 cm³/mol. The second-order valence-electron chi connectivity index (χ2n) is 2.21. The zero-order valence-corrected chi connectivity index (χ0v) is 6.50. The van der Waals surface area contributed by atoms with Crippen LogP contribution in [0.15, 0.2) is 0 Å². The molecule has 5 nitrogen and oxygen atoms in total. The summed E-state index contributed by atoms with van der Waals surface area (Å²) in [6.45, 7) is 1.83. The van der Waals surface area contributed by atoms with Crippen LogP contribution in [-0.2, 0) is 9.47 Å². The minimum Gasteiger partial charge on any atom is -0.433 e. The van der Waals surface area contributed by atoms with Gasteiger partial charge in [-0.15, -0.1) is 0 Å². The summed E-state index contributed by atoms with van der Waals surface area (Å²) in [5.41, 5.74) is 0. The molecule has 1 fully saturated rings. The Labute approximate surface area is 65.3 Å². The van der Waals surface area contributed by atoms with Crippen molar-refractivity contribution in [3.8, 4) is 0 Å².